The Morgan fingerprint density at radius 1 is 1.07 bits per heavy atom. The van der Waals surface area contributed by atoms with Gasteiger partial charge < -0.3 is 30.9 Å². The topological polar surface area (TPSA) is 173 Å². The predicted molar refractivity (Wildman–Crippen MR) is 160 cm³/mol. The van der Waals surface area contributed by atoms with Gasteiger partial charge in [0.1, 0.15) is 23.8 Å². The van der Waals surface area contributed by atoms with Crippen molar-refractivity contribution in [3.8, 4) is 6.07 Å². The molecule has 1 aliphatic carbocycles. The number of nitriles is 1. The summed E-state index contributed by atoms with van der Waals surface area (Å²) in [5.41, 5.74) is 2.16. The fourth-order valence-electron chi connectivity index (χ4n) is 4.11. The molecule has 1 aromatic carbocycles. The van der Waals surface area contributed by atoms with Crippen LogP contribution in [-0.4, -0.2) is 69.3 Å². The van der Waals surface area contributed by atoms with Crippen molar-refractivity contribution in [2.45, 2.75) is 58.0 Å². The van der Waals surface area contributed by atoms with Gasteiger partial charge in [-0.05, 0) is 51.3 Å². The van der Waals surface area contributed by atoms with Crippen molar-refractivity contribution in [2.75, 3.05) is 42.6 Å². The number of hydrogen-bond acceptors (Lipinski definition) is 10. The zero-order valence-corrected chi connectivity index (χ0v) is 24.5. The first-order chi connectivity index (χ1) is 20.1. The largest absolute Gasteiger partial charge is 0.444 e. The summed E-state index contributed by atoms with van der Waals surface area (Å²) >= 11 is 0. The Morgan fingerprint density at radius 2 is 1.81 bits per heavy atom. The van der Waals surface area contributed by atoms with E-state index in [2.05, 4.69) is 47.5 Å². The summed E-state index contributed by atoms with van der Waals surface area (Å²) in [5, 5.41) is 28.9. The lowest BCUT2D eigenvalue weighted by Crippen LogP contribution is -2.42. The third-order valence-corrected chi connectivity index (χ3v) is 6.46. The number of H-pyrrole nitrogens is 1. The third kappa shape index (κ3) is 9.09. The van der Waals surface area contributed by atoms with Crippen LogP contribution < -0.4 is 21.3 Å². The number of aromatic nitrogens is 4. The summed E-state index contributed by atoms with van der Waals surface area (Å²) in [6, 6.07) is 13.4. The maximum absolute atomic E-state index is 12.3. The molecule has 42 heavy (non-hydrogen) atoms. The molecule has 222 valence electrons. The van der Waals surface area contributed by atoms with Gasteiger partial charge in [-0.1, -0.05) is 18.6 Å². The van der Waals surface area contributed by atoms with Crippen molar-refractivity contribution in [1.82, 2.24) is 30.4 Å². The van der Waals surface area contributed by atoms with E-state index in [1.54, 1.807) is 26.8 Å². The normalized spacial score (nSPS) is 12.9. The number of amides is 2. The summed E-state index contributed by atoms with van der Waals surface area (Å²) in [5.74, 6) is 2.30. The molecule has 0 bridgehead atoms. The van der Waals surface area contributed by atoms with Gasteiger partial charge in [0.15, 0.2) is 5.82 Å². The highest BCUT2D eigenvalue weighted by molar-refractivity contribution is 5.82. The molecule has 0 unspecified atom stereocenters. The van der Waals surface area contributed by atoms with Gasteiger partial charge in [0.05, 0.1) is 12.5 Å². The Kier molecular flexibility index (Phi) is 9.80. The zero-order chi connectivity index (χ0) is 30.1. The number of rotatable bonds is 12. The van der Waals surface area contributed by atoms with Gasteiger partial charge >= 0.3 is 6.09 Å². The average Bonchev–Trinajstić information content (AvgIpc) is 3.33. The second kappa shape index (κ2) is 13.7. The number of carbonyl (C=O) groups excluding carboxylic acids is 2. The van der Waals surface area contributed by atoms with Gasteiger partial charge in [0.2, 0.25) is 11.9 Å². The lowest BCUT2D eigenvalue weighted by Gasteiger charge is -2.24. The van der Waals surface area contributed by atoms with Crippen LogP contribution in [0.3, 0.4) is 0 Å². The fraction of sp³-hybridized carbons (Fsp3) is 0.448. The summed E-state index contributed by atoms with van der Waals surface area (Å²) in [6.45, 7) is 5.88. The fourth-order valence-corrected chi connectivity index (χ4v) is 4.11. The molecule has 4 rings (SSSR count). The van der Waals surface area contributed by atoms with Gasteiger partial charge in [-0.3, -0.25) is 9.89 Å². The number of benzene rings is 1. The molecule has 0 atom stereocenters. The molecule has 1 aliphatic rings. The molecule has 0 aliphatic heterocycles. The second-order valence-corrected chi connectivity index (χ2v) is 11.2. The number of nitrogens with zero attached hydrogens (tertiary/aromatic N) is 5. The summed E-state index contributed by atoms with van der Waals surface area (Å²) in [4.78, 5) is 34.8. The molecule has 0 spiro atoms. The van der Waals surface area contributed by atoms with E-state index in [9.17, 15) is 9.59 Å². The van der Waals surface area contributed by atoms with E-state index in [0.717, 1.165) is 29.8 Å². The van der Waals surface area contributed by atoms with Crippen molar-refractivity contribution < 1.29 is 14.3 Å². The predicted octanol–water partition coefficient (Wildman–Crippen LogP) is 4.42. The molecule has 0 radical (unpaired) electrons. The molecule has 2 aromatic heterocycles. The Bertz CT molecular complexity index is 1400. The van der Waals surface area contributed by atoms with E-state index in [0.29, 0.717) is 48.8 Å². The number of carbonyl (C=O) groups is 2. The Labute approximate surface area is 245 Å². The minimum Gasteiger partial charge on any atom is -0.444 e. The zero-order valence-electron chi connectivity index (χ0n) is 24.5. The van der Waals surface area contributed by atoms with Gasteiger partial charge in [0, 0.05) is 49.6 Å². The van der Waals surface area contributed by atoms with Gasteiger partial charge in [-0.2, -0.15) is 20.3 Å². The Hall–Kier alpha value is -4.86. The Morgan fingerprint density at radius 3 is 2.48 bits per heavy atom. The van der Waals surface area contributed by atoms with Crippen LogP contribution in [0.5, 0.6) is 0 Å². The van der Waals surface area contributed by atoms with Crippen LogP contribution in [0.2, 0.25) is 0 Å². The molecule has 0 saturated heterocycles. The minimum atomic E-state index is -0.637. The highest BCUT2D eigenvalue weighted by Gasteiger charge is 2.22. The van der Waals surface area contributed by atoms with Crippen LogP contribution in [0.4, 0.5) is 33.9 Å². The number of anilines is 5. The molecule has 13 nitrogen and oxygen atoms in total. The molecular weight excluding hydrogens is 536 g/mol. The number of ether oxygens (including phenoxy) is 1. The van der Waals surface area contributed by atoms with Crippen LogP contribution in [-0.2, 0) is 16.0 Å². The van der Waals surface area contributed by atoms with Gasteiger partial charge in [-0.15, -0.1) is 0 Å². The average molecular weight is 575 g/mol. The molecule has 2 amide bonds. The van der Waals surface area contributed by atoms with Crippen LogP contribution >= 0.6 is 0 Å². The lowest BCUT2D eigenvalue weighted by atomic mass is 9.83. The van der Waals surface area contributed by atoms with E-state index in [1.807, 2.05) is 30.3 Å². The van der Waals surface area contributed by atoms with Crippen LogP contribution in [0, 0.1) is 11.3 Å². The quantitative estimate of drug-likeness (QED) is 0.195. The first kappa shape index (κ1) is 30.1. The van der Waals surface area contributed by atoms with Crippen LogP contribution in [0.15, 0.2) is 36.4 Å². The first-order valence-corrected chi connectivity index (χ1v) is 14.0. The van der Waals surface area contributed by atoms with Gasteiger partial charge in [-0.25, -0.2) is 4.79 Å². The minimum absolute atomic E-state index is 0.121. The van der Waals surface area contributed by atoms with E-state index in [1.165, 1.54) is 18.4 Å². The molecule has 3 aromatic rings. The van der Waals surface area contributed by atoms with Gasteiger partial charge in [0.25, 0.3) is 0 Å². The standard InChI is InChI=1S/C29H38N10O3/c1-29(2,3)42-28(41)39(4)18-26(40)32-15-14-31-23-17-24(34-25-16-22(37-38-25)20-6-5-7-20)36-27(35-23)33-21-10-8-19(9-11-21)12-13-30/h8-11,16-17,20H,5-7,12,14-15,18H2,1-4H3,(H,32,40)(H4,31,33,34,35,36,37,38). The van der Waals surface area contributed by atoms with E-state index < -0.39 is 11.7 Å². The SMILES string of the molecule is CN(CC(=O)NCCNc1cc(Nc2cc(C3CCC3)[nH]n2)nc(Nc2ccc(CC#N)cc2)n1)C(=O)OC(C)(C)C. The molecular formula is C29H38N10O3. The Balaban J connectivity index is 1.37. The highest BCUT2D eigenvalue weighted by atomic mass is 16.6. The van der Waals surface area contributed by atoms with E-state index >= 15 is 0 Å². The van der Waals surface area contributed by atoms with Crippen molar-refractivity contribution in [3.05, 3.63) is 47.7 Å². The smallest absolute Gasteiger partial charge is 0.410 e. The van der Waals surface area contributed by atoms with E-state index in [-0.39, 0.29) is 12.5 Å². The highest BCUT2D eigenvalue weighted by Crippen LogP contribution is 2.36. The molecule has 1 saturated carbocycles. The number of hydrogen-bond donors (Lipinski definition) is 5. The van der Waals surface area contributed by atoms with Crippen molar-refractivity contribution in [1.29, 1.82) is 5.26 Å². The maximum Gasteiger partial charge on any atom is 0.410 e. The van der Waals surface area contributed by atoms with Crippen molar-refractivity contribution >= 4 is 41.1 Å². The van der Waals surface area contributed by atoms with Crippen LogP contribution in [0.1, 0.15) is 57.2 Å². The molecule has 13 heteroatoms. The number of aromatic amines is 1. The number of likely N-dealkylation sites (N-methyl/N-ethyl adjacent to an activating group) is 1. The van der Waals surface area contributed by atoms with Crippen LogP contribution in [0.25, 0.3) is 0 Å². The van der Waals surface area contributed by atoms with Crippen molar-refractivity contribution in [2.24, 2.45) is 0 Å². The molecule has 2 heterocycles. The maximum atomic E-state index is 12.3. The molecule has 5 N–H and O–H groups in total. The monoisotopic (exact) mass is 574 g/mol. The lowest BCUT2D eigenvalue weighted by molar-refractivity contribution is -0.121. The summed E-state index contributed by atoms with van der Waals surface area (Å²) < 4.78 is 5.28. The molecule has 1 fully saturated rings. The van der Waals surface area contributed by atoms with E-state index in [4.69, 9.17) is 10.00 Å². The summed E-state index contributed by atoms with van der Waals surface area (Å²) in [6.07, 6.45) is 3.34. The first-order valence-electron chi connectivity index (χ1n) is 14.0. The summed E-state index contributed by atoms with van der Waals surface area (Å²) in [7, 11) is 1.52. The second-order valence-electron chi connectivity index (χ2n) is 11.2. The third-order valence-electron chi connectivity index (χ3n) is 6.46. The van der Waals surface area contributed by atoms with Crippen molar-refractivity contribution in [3.63, 3.8) is 0 Å². The number of nitrogens with one attached hydrogen (secondary N) is 5.